The zero-order chi connectivity index (χ0) is 87.0. The van der Waals surface area contributed by atoms with Gasteiger partial charge in [0.1, 0.15) is 98.8 Å². The maximum atomic E-state index is 15.2. The average Bonchev–Trinajstić information content (AvgIpc) is 1.32. The molecule has 124 heavy (non-hydrogen) atoms. The number of aryl methyl sites for hydroxylation is 1. The number of esters is 2. The number of carbonyl (C=O) groups excluding carboxylic acids is 3. The van der Waals surface area contributed by atoms with Gasteiger partial charge >= 0.3 is 28.3 Å². The van der Waals surface area contributed by atoms with Gasteiger partial charge in [0, 0.05) is 22.9 Å². The summed E-state index contributed by atoms with van der Waals surface area (Å²) in [4.78, 5) is 136. The number of methoxy groups -OCH3 is 2. The Morgan fingerprint density at radius 1 is 0.556 bits per heavy atom. The summed E-state index contributed by atoms with van der Waals surface area (Å²) in [6, 6.07) is 47.2. The van der Waals surface area contributed by atoms with Crippen molar-refractivity contribution in [3.05, 3.63) is 259 Å². The van der Waals surface area contributed by atoms with Crippen LogP contribution in [0.1, 0.15) is 69.7 Å². The second kappa shape index (κ2) is 37.7. The first-order chi connectivity index (χ1) is 59.8. The number of carbonyl (C=O) groups is 3. The minimum atomic E-state index is -5.80. The van der Waals surface area contributed by atoms with E-state index in [1.807, 2.05) is 0 Å². The van der Waals surface area contributed by atoms with Crippen LogP contribution < -0.4 is 29.3 Å². The lowest BCUT2D eigenvalue weighted by Gasteiger charge is -2.37. The van der Waals surface area contributed by atoms with E-state index in [1.165, 1.54) is 32.4 Å². The first-order valence-corrected chi connectivity index (χ1v) is 41.2. The second-order valence-corrected chi connectivity index (χ2v) is 31.0. The Morgan fingerprint density at radius 3 is 1.65 bits per heavy atom. The van der Waals surface area contributed by atoms with Gasteiger partial charge in [-0.2, -0.15) is 57.8 Å². The number of aliphatic hydroxyl groups excluding tert-OH is 5. The molecule has 43 heteroatoms. The van der Waals surface area contributed by atoms with Crippen LogP contribution in [0.3, 0.4) is 0 Å². The van der Waals surface area contributed by atoms with Crippen LogP contribution in [-0.2, 0) is 75.3 Å². The van der Waals surface area contributed by atoms with Gasteiger partial charge in [-0.05, 0) is 83.4 Å². The summed E-state index contributed by atoms with van der Waals surface area (Å²) < 4.78 is 78.2. The highest BCUT2D eigenvalue weighted by Crippen LogP contribution is 2.56. The quantitative estimate of drug-likeness (QED) is 0.00694. The second-order valence-electron chi connectivity index (χ2n) is 28.2. The van der Waals surface area contributed by atoms with Crippen molar-refractivity contribution in [2.24, 2.45) is 22.0 Å². The third-order valence-electron chi connectivity index (χ3n) is 20.2. The SMILES string of the molecule is COc1ccc(C(OC[C@H]2O[C@@H](n3cnc4c(O)nc(N=C(O)c5ccccc5)nc43)[C@H](O)[C@@H]2O[P+]([O-])(O)OC[C@H]2O[C@@H](n3cnc4c(N=C(O)c5ccccc5)ncnc43)[C@H](O)[C@@H]2O[P+]([O-])(O)OC[C@H]2O[C@@H](n3ccc(=NC(=O)c4ccccc4)nc3O)[C@H](OC(=O)CCC(=O)OCCn3cc[n+](C)c3)[C@@H]2O)(c2ccccc2)c2ccc(OC)cc2)cc1. The van der Waals surface area contributed by atoms with Crippen LogP contribution in [-0.4, -0.2) is 224 Å². The molecule has 41 nitrogen and oxygen atoms in total. The Balaban J connectivity index is 0.729. The number of ether oxygens (including phenoxy) is 8. The van der Waals surface area contributed by atoms with E-state index >= 15 is 4.89 Å². The Kier molecular flexibility index (Phi) is 26.3. The Labute approximate surface area is 703 Å². The van der Waals surface area contributed by atoms with E-state index < -0.39 is 176 Å². The van der Waals surface area contributed by atoms with Gasteiger partial charge in [-0.25, -0.2) is 29.1 Å². The normalized spacial score (nSPS) is 22.3. The summed E-state index contributed by atoms with van der Waals surface area (Å²) in [6.45, 7) is -2.76. The highest BCUT2D eigenvalue weighted by molar-refractivity contribution is 7.53. The molecule has 1 amide bonds. The zero-order valence-corrected chi connectivity index (χ0v) is 67.5. The van der Waals surface area contributed by atoms with Crippen LogP contribution in [0.4, 0.5) is 11.8 Å². The van der Waals surface area contributed by atoms with Gasteiger partial charge in [0.05, 0.1) is 53.4 Å². The summed E-state index contributed by atoms with van der Waals surface area (Å²) >= 11 is 0. The number of aromatic nitrogens is 12. The Hall–Kier alpha value is -12.5. The number of nitrogens with zero attached hydrogens (tertiary/aromatic N) is 15. The van der Waals surface area contributed by atoms with E-state index in [4.69, 9.17) is 56.0 Å². The molecule has 0 aliphatic carbocycles. The molecule has 9 N–H and O–H groups in total. The van der Waals surface area contributed by atoms with Crippen LogP contribution in [0.2, 0.25) is 0 Å². The molecule has 3 fully saturated rings. The fourth-order valence-corrected chi connectivity index (χ4v) is 16.1. The molecule has 0 radical (unpaired) electrons. The predicted octanol–water partition coefficient (Wildman–Crippen LogP) is 4.21. The fourth-order valence-electron chi connectivity index (χ4n) is 14.2. The standard InChI is InChI=1S/C81H79N15O26P2/c1-92-36-37-93(46-92)38-39-113-59(97)32-33-60(98)120-68-63(99)55(117-78(68)94-35-34-58(87-80(94)106)86-72(102)47-16-8-4-9-17-47)41-115-123(107,108)122-67-57(119-76(65(67)101)95-44-84-61-69(82-43-83-70(61)95)88-73(103)48-18-10-5-11-19-48)42-116-124(109,110)121-66-56(118-77(64(66)100)96-45-85-62-71(96)89-79(91-75(62)105)90-74(104)49-20-12-6-13-21-49)40-114-81(50-22-14-7-15-23-50,51-24-28-53(111-2)29-25-51)52-26-30-54(112-3)31-27-52/h4-31,34-37,43-46,55-57,63-68,76-78,99-101H,32-33,38-42H2,1-3H3,(H5-,82,83,86,87,88,89,90,91,102,103,104,105,106,107,108,109,110)/p+1/t55-,56-,57-,63-,64-,65-,66-,67-,68-,76-,77-,78-/m1/s1. The number of rotatable bonds is 33. The van der Waals surface area contributed by atoms with E-state index in [-0.39, 0.29) is 51.4 Å². The zero-order valence-electron chi connectivity index (χ0n) is 65.7. The Bertz CT molecular complexity index is 5840. The van der Waals surface area contributed by atoms with Crippen LogP contribution in [0.25, 0.3) is 22.3 Å². The number of hydrogen-bond acceptors (Lipinski definition) is 33. The Morgan fingerprint density at radius 2 is 1.08 bits per heavy atom. The number of benzene rings is 6. The van der Waals surface area contributed by atoms with Crippen molar-refractivity contribution in [3.63, 3.8) is 0 Å². The van der Waals surface area contributed by atoms with Crippen LogP contribution in [0.15, 0.2) is 235 Å². The third kappa shape index (κ3) is 19.3. The number of hydrogen-bond donors (Lipinski definition) is 9. The lowest BCUT2D eigenvalue weighted by molar-refractivity contribution is -0.671. The van der Waals surface area contributed by atoms with Gasteiger partial charge in [-0.15, -0.1) is 0 Å². The third-order valence-corrected chi connectivity index (χ3v) is 22.2. The molecule has 14 atom stereocenters. The summed E-state index contributed by atoms with van der Waals surface area (Å²) in [5, 5.41) is 82.3. The number of imidazole rings is 3. The molecule has 3 saturated heterocycles. The molecule has 15 rings (SSSR count). The summed E-state index contributed by atoms with van der Waals surface area (Å²) in [5.41, 5.74) is -0.316. The van der Waals surface area contributed by atoms with Crippen molar-refractivity contribution in [1.29, 1.82) is 0 Å². The van der Waals surface area contributed by atoms with Gasteiger partial charge in [-0.3, -0.25) is 28.1 Å². The number of aliphatic hydroxyl groups is 5. The molecule has 6 aromatic carbocycles. The van der Waals surface area contributed by atoms with Crippen molar-refractivity contribution >= 4 is 80.1 Å². The first kappa shape index (κ1) is 86.5. The number of aromatic hydroxyl groups is 2. The number of fused-ring (bicyclic) bond motifs is 2. The molecule has 6 aromatic heterocycles. The topological polar surface area (TPSA) is 541 Å². The molecular formula is C81H80N15O26P2+. The van der Waals surface area contributed by atoms with Gasteiger partial charge in [0.15, 0.2) is 70.6 Å². The maximum Gasteiger partial charge on any atom is 0.377 e. The minimum absolute atomic E-state index is 0.0536. The molecule has 644 valence electrons. The largest absolute Gasteiger partial charge is 0.606 e. The highest BCUT2D eigenvalue weighted by atomic mass is 31.2. The monoisotopic (exact) mass is 1740 g/mol. The summed E-state index contributed by atoms with van der Waals surface area (Å²) in [5.74, 6) is -4.05. The van der Waals surface area contributed by atoms with Crippen LogP contribution >= 0.6 is 16.3 Å². The van der Waals surface area contributed by atoms with Crippen molar-refractivity contribution < 1.29 is 130 Å². The van der Waals surface area contributed by atoms with E-state index in [0.717, 1.165) is 38.9 Å². The number of phosphoric acid groups is 2. The predicted molar refractivity (Wildman–Crippen MR) is 427 cm³/mol. The maximum absolute atomic E-state index is 15.2. The van der Waals surface area contributed by atoms with E-state index in [2.05, 4.69) is 49.9 Å². The molecule has 3 aliphatic heterocycles. The molecule has 2 unspecified atom stereocenters. The number of aliphatic imine (C=N–C) groups is 2. The highest BCUT2D eigenvalue weighted by Gasteiger charge is 2.57. The van der Waals surface area contributed by atoms with Gasteiger partial charge < -0.3 is 83.4 Å². The van der Waals surface area contributed by atoms with Crippen molar-refractivity contribution in [3.8, 4) is 23.4 Å². The number of phosphoric ester groups is 2. The molecule has 12 aromatic rings. The van der Waals surface area contributed by atoms with Crippen molar-refractivity contribution in [1.82, 2.24) is 53.2 Å². The molecule has 9 heterocycles. The van der Waals surface area contributed by atoms with E-state index in [0.29, 0.717) is 40.3 Å². The van der Waals surface area contributed by atoms with Crippen molar-refractivity contribution in [2.75, 3.05) is 40.6 Å². The summed E-state index contributed by atoms with van der Waals surface area (Å²) in [6.07, 6.45) is -14.5. The fraction of sp³-hybridized carbons (Fsp3) is 0.284. The molecular weight excluding hydrogens is 1660 g/mol. The minimum Gasteiger partial charge on any atom is -0.606 e. The molecule has 0 saturated carbocycles. The summed E-state index contributed by atoms with van der Waals surface area (Å²) in [7, 11) is -6.77. The van der Waals surface area contributed by atoms with E-state index in [9.17, 15) is 64.8 Å². The van der Waals surface area contributed by atoms with Gasteiger partial charge in [0.25, 0.3) is 17.9 Å². The van der Waals surface area contributed by atoms with Crippen LogP contribution in [0.5, 0.6) is 23.4 Å². The smallest absolute Gasteiger partial charge is 0.377 e. The molecule has 0 bridgehead atoms. The molecule has 3 aliphatic rings. The first-order valence-electron chi connectivity index (χ1n) is 38.2. The van der Waals surface area contributed by atoms with Crippen molar-refractivity contribution in [2.45, 2.75) is 98.6 Å². The van der Waals surface area contributed by atoms with Gasteiger partial charge in [0.2, 0.25) is 24.0 Å². The van der Waals surface area contributed by atoms with Gasteiger partial charge in [-0.1, -0.05) is 109 Å². The van der Waals surface area contributed by atoms with Crippen LogP contribution in [0, 0.1) is 0 Å². The lowest BCUT2D eigenvalue weighted by Crippen LogP contribution is -2.42. The van der Waals surface area contributed by atoms with E-state index in [1.54, 1.807) is 193 Å². The number of amides is 1. The lowest BCUT2D eigenvalue weighted by atomic mass is 9.80. The molecule has 0 spiro atoms. The average molecular weight is 1740 g/mol.